The van der Waals surface area contributed by atoms with E-state index in [9.17, 15) is 14.7 Å². The number of carbonyl (C=O) groups is 2. The minimum atomic E-state index is -0.896. The predicted molar refractivity (Wildman–Crippen MR) is 83.9 cm³/mol. The van der Waals surface area contributed by atoms with Crippen molar-refractivity contribution in [1.82, 2.24) is 0 Å². The van der Waals surface area contributed by atoms with Gasteiger partial charge in [-0.25, -0.2) is 0 Å². The second-order valence-electron chi connectivity index (χ2n) is 4.56. The normalized spacial score (nSPS) is 13.5. The Labute approximate surface area is 129 Å². The standard InChI is InChI=1S/C16H22O4S/c1-3-20-14(17)11-10-13(16(19)21-4-2)15(18)12-8-6-5-7-9-12/h5-9,13,15,18H,3-4,10-11H2,1-2H3/t13-,15+/m1/s1. The van der Waals surface area contributed by atoms with Gasteiger partial charge in [-0.1, -0.05) is 49.0 Å². The molecule has 0 fully saturated rings. The van der Waals surface area contributed by atoms with Crippen molar-refractivity contribution in [3.63, 3.8) is 0 Å². The smallest absolute Gasteiger partial charge is 0.305 e. The van der Waals surface area contributed by atoms with Crippen molar-refractivity contribution in [1.29, 1.82) is 0 Å². The molecule has 0 saturated carbocycles. The van der Waals surface area contributed by atoms with Crippen molar-refractivity contribution < 1.29 is 19.4 Å². The summed E-state index contributed by atoms with van der Waals surface area (Å²) in [4.78, 5) is 23.6. The van der Waals surface area contributed by atoms with Crippen LogP contribution in [0.15, 0.2) is 30.3 Å². The van der Waals surface area contributed by atoms with Gasteiger partial charge in [-0.2, -0.15) is 0 Å². The first-order valence-electron chi connectivity index (χ1n) is 7.15. The number of aliphatic hydroxyl groups excluding tert-OH is 1. The van der Waals surface area contributed by atoms with Gasteiger partial charge in [0.2, 0.25) is 0 Å². The molecular formula is C16H22O4S. The second kappa shape index (κ2) is 9.58. The lowest BCUT2D eigenvalue weighted by Crippen LogP contribution is -2.22. The number of ether oxygens (including phenoxy) is 1. The lowest BCUT2D eigenvalue weighted by molar-refractivity contribution is -0.143. The average molecular weight is 310 g/mol. The molecule has 21 heavy (non-hydrogen) atoms. The number of esters is 1. The van der Waals surface area contributed by atoms with Gasteiger partial charge in [-0.05, 0) is 24.7 Å². The molecule has 2 atom stereocenters. The first kappa shape index (κ1) is 17.7. The summed E-state index contributed by atoms with van der Waals surface area (Å²) in [5.74, 6) is -0.283. The van der Waals surface area contributed by atoms with E-state index in [4.69, 9.17) is 4.74 Å². The summed E-state index contributed by atoms with van der Waals surface area (Å²) in [7, 11) is 0. The maximum Gasteiger partial charge on any atom is 0.305 e. The summed E-state index contributed by atoms with van der Waals surface area (Å²) in [5, 5.41) is 10.3. The van der Waals surface area contributed by atoms with Crippen LogP contribution in [0.1, 0.15) is 38.4 Å². The Bertz CT molecular complexity index is 447. The first-order valence-corrected chi connectivity index (χ1v) is 8.14. The van der Waals surface area contributed by atoms with Gasteiger partial charge in [0.1, 0.15) is 0 Å². The molecule has 0 heterocycles. The Kier molecular flexibility index (Phi) is 8.08. The molecule has 0 aromatic heterocycles. The molecule has 1 aromatic carbocycles. The van der Waals surface area contributed by atoms with Crippen LogP contribution in [0.4, 0.5) is 0 Å². The highest BCUT2D eigenvalue weighted by atomic mass is 32.2. The number of hydrogen-bond acceptors (Lipinski definition) is 5. The summed E-state index contributed by atoms with van der Waals surface area (Å²) < 4.78 is 4.88. The lowest BCUT2D eigenvalue weighted by atomic mass is 9.92. The minimum absolute atomic E-state index is 0.0850. The lowest BCUT2D eigenvalue weighted by Gasteiger charge is -2.21. The Morgan fingerprint density at radius 1 is 1.24 bits per heavy atom. The highest BCUT2D eigenvalue weighted by Gasteiger charge is 2.28. The van der Waals surface area contributed by atoms with Crippen LogP contribution >= 0.6 is 11.8 Å². The van der Waals surface area contributed by atoms with Crippen LogP contribution in [0.3, 0.4) is 0 Å². The van der Waals surface area contributed by atoms with Crippen molar-refractivity contribution in [3.8, 4) is 0 Å². The molecule has 1 aromatic rings. The molecule has 116 valence electrons. The molecule has 0 aliphatic rings. The van der Waals surface area contributed by atoms with E-state index >= 15 is 0 Å². The van der Waals surface area contributed by atoms with E-state index in [1.165, 1.54) is 11.8 Å². The van der Waals surface area contributed by atoms with Crippen LogP contribution < -0.4 is 0 Å². The summed E-state index contributed by atoms with van der Waals surface area (Å²) in [6.45, 7) is 3.95. The largest absolute Gasteiger partial charge is 0.466 e. The molecule has 4 nitrogen and oxygen atoms in total. The highest BCUT2D eigenvalue weighted by Crippen LogP contribution is 2.30. The third-order valence-corrected chi connectivity index (χ3v) is 3.95. The van der Waals surface area contributed by atoms with Crippen molar-refractivity contribution in [2.45, 2.75) is 32.8 Å². The molecule has 0 amide bonds. The molecule has 0 aliphatic carbocycles. The Morgan fingerprint density at radius 2 is 1.90 bits per heavy atom. The number of thioether (sulfide) groups is 1. The monoisotopic (exact) mass is 310 g/mol. The zero-order chi connectivity index (χ0) is 15.7. The van der Waals surface area contributed by atoms with Gasteiger partial charge < -0.3 is 9.84 Å². The van der Waals surface area contributed by atoms with E-state index in [2.05, 4.69) is 0 Å². The van der Waals surface area contributed by atoms with E-state index in [0.29, 0.717) is 24.3 Å². The zero-order valence-electron chi connectivity index (χ0n) is 12.5. The van der Waals surface area contributed by atoms with Gasteiger partial charge in [0, 0.05) is 6.42 Å². The zero-order valence-corrected chi connectivity index (χ0v) is 13.3. The third-order valence-electron chi connectivity index (χ3n) is 3.08. The van der Waals surface area contributed by atoms with Crippen LogP contribution in [-0.4, -0.2) is 28.6 Å². The van der Waals surface area contributed by atoms with Gasteiger partial charge in [0.25, 0.3) is 0 Å². The molecule has 0 bridgehead atoms. The van der Waals surface area contributed by atoms with Gasteiger partial charge in [-0.3, -0.25) is 9.59 Å². The quantitative estimate of drug-likeness (QED) is 0.748. The molecule has 0 unspecified atom stereocenters. The average Bonchev–Trinajstić information content (AvgIpc) is 2.48. The fraction of sp³-hybridized carbons (Fsp3) is 0.500. The summed E-state index contributed by atoms with van der Waals surface area (Å²) >= 11 is 1.18. The predicted octanol–water partition coefficient (Wildman–Crippen LogP) is 2.96. The molecule has 1 N–H and O–H groups in total. The fourth-order valence-corrected chi connectivity index (χ4v) is 2.79. The van der Waals surface area contributed by atoms with Gasteiger partial charge >= 0.3 is 5.97 Å². The molecule has 5 heteroatoms. The van der Waals surface area contributed by atoms with Gasteiger partial charge in [0.05, 0.1) is 18.6 Å². The number of benzene rings is 1. The number of rotatable bonds is 8. The summed E-state index contributed by atoms with van der Waals surface area (Å²) in [5.41, 5.74) is 0.691. The SMILES string of the molecule is CCOC(=O)CC[C@@H](C(=O)SCC)[C@@H](O)c1ccccc1. The summed E-state index contributed by atoms with van der Waals surface area (Å²) in [6.07, 6.45) is -0.466. The fourth-order valence-electron chi connectivity index (χ4n) is 2.04. The summed E-state index contributed by atoms with van der Waals surface area (Å²) in [6, 6.07) is 9.06. The van der Waals surface area contributed by atoms with Gasteiger partial charge in [-0.15, -0.1) is 0 Å². The van der Waals surface area contributed by atoms with Crippen LogP contribution in [0.2, 0.25) is 0 Å². The van der Waals surface area contributed by atoms with E-state index in [1.54, 1.807) is 19.1 Å². The van der Waals surface area contributed by atoms with Crippen LogP contribution in [0.25, 0.3) is 0 Å². The van der Waals surface area contributed by atoms with Crippen molar-refractivity contribution >= 4 is 22.8 Å². The Hall–Kier alpha value is -1.33. The first-order chi connectivity index (χ1) is 10.1. The topological polar surface area (TPSA) is 63.6 Å². The van der Waals surface area contributed by atoms with E-state index in [0.717, 1.165) is 0 Å². The molecular weight excluding hydrogens is 288 g/mol. The molecule has 1 rings (SSSR count). The minimum Gasteiger partial charge on any atom is -0.466 e. The molecule has 0 spiro atoms. The van der Waals surface area contributed by atoms with Crippen molar-refractivity contribution in [3.05, 3.63) is 35.9 Å². The highest BCUT2D eigenvalue weighted by molar-refractivity contribution is 8.13. The molecule has 0 radical (unpaired) electrons. The van der Waals surface area contributed by atoms with Crippen LogP contribution in [-0.2, 0) is 14.3 Å². The molecule has 0 aliphatic heterocycles. The molecule has 0 saturated heterocycles. The van der Waals surface area contributed by atoms with E-state index in [1.807, 2.05) is 25.1 Å². The van der Waals surface area contributed by atoms with E-state index < -0.39 is 12.0 Å². The number of aliphatic hydroxyl groups is 1. The van der Waals surface area contributed by atoms with Crippen molar-refractivity contribution in [2.75, 3.05) is 12.4 Å². The number of carbonyl (C=O) groups excluding carboxylic acids is 2. The third kappa shape index (κ3) is 5.89. The Balaban J connectivity index is 2.77. The van der Waals surface area contributed by atoms with Crippen molar-refractivity contribution in [2.24, 2.45) is 5.92 Å². The van der Waals surface area contributed by atoms with Gasteiger partial charge in [0.15, 0.2) is 5.12 Å². The second-order valence-corrected chi connectivity index (χ2v) is 5.83. The maximum atomic E-state index is 12.2. The van der Waals surface area contributed by atoms with Crippen LogP contribution in [0.5, 0.6) is 0 Å². The van der Waals surface area contributed by atoms with E-state index in [-0.39, 0.29) is 17.5 Å². The Morgan fingerprint density at radius 3 is 2.48 bits per heavy atom. The number of hydrogen-bond donors (Lipinski definition) is 1. The van der Waals surface area contributed by atoms with Crippen LogP contribution in [0, 0.1) is 5.92 Å². The maximum absolute atomic E-state index is 12.2.